The first-order chi connectivity index (χ1) is 29.6. The lowest BCUT2D eigenvalue weighted by Crippen LogP contribution is -2.74. The van der Waals surface area contributed by atoms with Gasteiger partial charge in [0.25, 0.3) is 0 Å². The Bertz CT molecular complexity index is 3150. The number of hydrogen-bond donors (Lipinski definition) is 0. The average Bonchev–Trinajstić information content (AvgIpc) is 3.64. The van der Waals surface area contributed by atoms with E-state index in [9.17, 15) is 4.39 Å². The van der Waals surface area contributed by atoms with Gasteiger partial charge in [-0.3, -0.25) is 0 Å². The highest BCUT2D eigenvalue weighted by atomic mass is 28.3. The van der Waals surface area contributed by atoms with Gasteiger partial charge >= 0.3 is 0 Å². The van der Waals surface area contributed by atoms with E-state index >= 15 is 0 Å². The minimum absolute atomic E-state index is 0.255. The highest BCUT2D eigenvalue weighted by Crippen LogP contribution is 2.41. The zero-order valence-corrected chi connectivity index (χ0v) is 33.8. The van der Waals surface area contributed by atoms with Crippen molar-refractivity contribution in [2.45, 2.75) is 0 Å². The maximum Gasteiger partial charge on any atom is 0.179 e. The van der Waals surface area contributed by atoms with Gasteiger partial charge in [0.2, 0.25) is 0 Å². The number of halogens is 1. The third kappa shape index (κ3) is 5.92. The molecular weight excluding hydrogens is 748 g/mol. The Balaban J connectivity index is 1.21. The van der Waals surface area contributed by atoms with Gasteiger partial charge in [-0.2, -0.15) is 0 Å². The summed E-state index contributed by atoms with van der Waals surface area (Å²) < 4.78 is 16.8. The van der Waals surface area contributed by atoms with Gasteiger partial charge in [-0.05, 0) is 115 Å². The summed E-state index contributed by atoms with van der Waals surface area (Å²) in [5, 5.41) is 12.3. The topological polar surface area (TPSA) is 8.17 Å². The second-order valence-corrected chi connectivity index (χ2v) is 19.3. The first-order valence-electron chi connectivity index (χ1n) is 20.4. The fraction of sp³-hybridized carbons (Fsp3) is 0. The van der Waals surface area contributed by atoms with Gasteiger partial charge in [0.1, 0.15) is 5.82 Å². The van der Waals surface area contributed by atoms with Crippen LogP contribution in [-0.4, -0.2) is 12.6 Å². The van der Waals surface area contributed by atoms with E-state index in [0.29, 0.717) is 0 Å². The van der Waals surface area contributed by atoms with Gasteiger partial charge in [-0.1, -0.05) is 164 Å². The molecule has 0 aliphatic rings. The molecule has 11 aromatic rings. The number of fused-ring (bicyclic) bond motifs is 5. The summed E-state index contributed by atoms with van der Waals surface area (Å²) in [4.78, 5) is 2.38. The molecule has 1 aromatic heterocycles. The monoisotopic (exact) mass is 786 g/mol. The molecule has 4 heteroatoms. The predicted octanol–water partition coefficient (Wildman–Crippen LogP) is 12.1. The third-order valence-electron chi connectivity index (χ3n) is 12.1. The minimum atomic E-state index is -2.84. The van der Waals surface area contributed by atoms with Gasteiger partial charge in [0, 0.05) is 33.5 Å². The van der Waals surface area contributed by atoms with Crippen LogP contribution in [-0.2, 0) is 0 Å². The van der Waals surface area contributed by atoms with E-state index in [0.717, 1.165) is 44.6 Å². The Labute approximate surface area is 349 Å². The van der Waals surface area contributed by atoms with Crippen LogP contribution in [0.2, 0.25) is 0 Å². The summed E-state index contributed by atoms with van der Waals surface area (Å²) >= 11 is 0. The lowest BCUT2D eigenvalue weighted by Gasteiger charge is -2.34. The Morgan fingerprint density at radius 2 is 0.750 bits per heavy atom. The van der Waals surface area contributed by atoms with Crippen LogP contribution in [0.5, 0.6) is 0 Å². The molecule has 0 N–H and O–H groups in total. The average molecular weight is 787 g/mol. The molecule has 2 nitrogen and oxygen atoms in total. The maximum absolute atomic E-state index is 14.5. The van der Waals surface area contributed by atoms with Crippen molar-refractivity contribution >= 4 is 89.2 Å². The number of nitrogens with zero attached hydrogens (tertiary/aromatic N) is 2. The summed E-state index contributed by atoms with van der Waals surface area (Å²) in [5.41, 5.74) is 6.24. The van der Waals surface area contributed by atoms with E-state index in [-0.39, 0.29) is 5.82 Å². The van der Waals surface area contributed by atoms with Crippen LogP contribution in [0.25, 0.3) is 49.0 Å². The number of aromatic nitrogens is 1. The van der Waals surface area contributed by atoms with Gasteiger partial charge in [0.05, 0.1) is 11.0 Å². The lowest BCUT2D eigenvalue weighted by molar-refractivity contribution is 0.627. The van der Waals surface area contributed by atoms with E-state index in [4.69, 9.17) is 0 Å². The van der Waals surface area contributed by atoms with Crippen LogP contribution >= 0.6 is 0 Å². The molecule has 0 aliphatic carbocycles. The van der Waals surface area contributed by atoms with Crippen LogP contribution in [0.3, 0.4) is 0 Å². The smallest absolute Gasteiger partial charge is 0.179 e. The Hall–Kier alpha value is -7.53. The van der Waals surface area contributed by atoms with Gasteiger partial charge in [-0.15, -0.1) is 0 Å². The number of rotatable bonds is 8. The molecule has 0 atom stereocenters. The summed E-state index contributed by atoms with van der Waals surface area (Å²) in [7, 11) is -2.84. The first-order valence-corrected chi connectivity index (χ1v) is 22.4. The fourth-order valence-corrected chi connectivity index (χ4v) is 14.2. The van der Waals surface area contributed by atoms with Crippen molar-refractivity contribution in [1.29, 1.82) is 0 Å². The molecule has 0 fully saturated rings. The quantitative estimate of drug-likeness (QED) is 0.110. The molecule has 60 heavy (non-hydrogen) atoms. The second-order valence-electron chi connectivity index (χ2n) is 15.5. The number of benzene rings is 10. The highest BCUT2D eigenvalue weighted by Gasteiger charge is 2.41. The number of hydrogen-bond acceptors (Lipinski definition) is 1. The zero-order chi connectivity index (χ0) is 40.0. The van der Waals surface area contributed by atoms with Crippen molar-refractivity contribution < 1.29 is 4.39 Å². The summed E-state index contributed by atoms with van der Waals surface area (Å²) in [6.07, 6.45) is 0. The molecule has 0 saturated heterocycles. The van der Waals surface area contributed by atoms with E-state index in [1.807, 2.05) is 12.1 Å². The molecule has 284 valence electrons. The molecule has 0 saturated carbocycles. The van der Waals surface area contributed by atoms with Crippen LogP contribution in [0.1, 0.15) is 0 Å². The van der Waals surface area contributed by atoms with E-state index in [2.05, 4.69) is 222 Å². The molecule has 0 spiro atoms. The second kappa shape index (κ2) is 14.7. The van der Waals surface area contributed by atoms with E-state index < -0.39 is 8.07 Å². The Morgan fingerprint density at radius 1 is 0.333 bits per heavy atom. The van der Waals surface area contributed by atoms with Gasteiger partial charge < -0.3 is 9.47 Å². The molecule has 10 aromatic carbocycles. The lowest BCUT2D eigenvalue weighted by atomic mass is 10.1. The van der Waals surface area contributed by atoms with Crippen LogP contribution in [0.15, 0.2) is 237 Å². The summed E-state index contributed by atoms with van der Waals surface area (Å²) in [6, 6.07) is 84.5. The van der Waals surface area contributed by atoms with E-state index in [1.54, 1.807) is 12.1 Å². The highest BCUT2D eigenvalue weighted by molar-refractivity contribution is 7.20. The van der Waals surface area contributed by atoms with Crippen molar-refractivity contribution in [3.8, 4) is 5.69 Å². The minimum Gasteiger partial charge on any atom is -0.310 e. The van der Waals surface area contributed by atoms with Crippen molar-refractivity contribution in [3.63, 3.8) is 0 Å². The van der Waals surface area contributed by atoms with Crippen molar-refractivity contribution in [1.82, 2.24) is 4.57 Å². The molecule has 0 aliphatic heterocycles. The molecular formula is C56H39FN2Si. The zero-order valence-electron chi connectivity index (χ0n) is 32.8. The normalized spacial score (nSPS) is 11.8. The Morgan fingerprint density at radius 3 is 1.27 bits per heavy atom. The summed E-state index contributed by atoms with van der Waals surface area (Å²) in [5.74, 6) is -0.255. The van der Waals surface area contributed by atoms with Crippen molar-refractivity contribution in [3.05, 3.63) is 242 Å². The third-order valence-corrected chi connectivity index (χ3v) is 16.9. The Kier molecular flexibility index (Phi) is 8.72. The molecule has 11 rings (SSSR count). The molecule has 0 amide bonds. The SMILES string of the molecule is Fc1ccc(-n2c3ccc(N(c4ccc5ccccc5c4)c4ccc5ccccc5c4)cc3c3cc([Si](c4ccccc4)(c4ccccc4)c4ccccc4)ccc32)cc1. The van der Waals surface area contributed by atoms with Crippen LogP contribution in [0, 0.1) is 5.82 Å². The van der Waals surface area contributed by atoms with Crippen LogP contribution < -0.4 is 25.6 Å². The fourth-order valence-electron chi connectivity index (χ4n) is 9.40. The van der Waals surface area contributed by atoms with Crippen molar-refractivity contribution in [2.75, 3.05) is 4.90 Å². The maximum atomic E-state index is 14.5. The molecule has 0 bridgehead atoms. The summed E-state index contributed by atoms with van der Waals surface area (Å²) in [6.45, 7) is 0. The number of anilines is 3. The van der Waals surface area contributed by atoms with Gasteiger partial charge in [0.15, 0.2) is 8.07 Å². The molecule has 0 radical (unpaired) electrons. The molecule has 1 heterocycles. The molecule has 0 unspecified atom stereocenters. The predicted molar refractivity (Wildman–Crippen MR) is 254 cm³/mol. The first kappa shape index (κ1) is 35.6. The standard InChI is InChI=1S/C56H39FN2Si/c57-44-26-30-45(31-27-44)59-55-34-32-48(58(46-28-24-40-14-10-12-16-42(40)36-46)47-29-25-41-15-11-13-17-43(41)37-47)38-53(55)54-39-52(33-35-56(54)59)60(49-18-4-1-5-19-49,50-20-6-2-7-21-50)51-22-8-3-9-23-51/h1-39H. The van der Waals surface area contributed by atoms with Crippen LogP contribution in [0.4, 0.5) is 21.5 Å². The van der Waals surface area contributed by atoms with Crippen molar-refractivity contribution in [2.24, 2.45) is 0 Å². The largest absolute Gasteiger partial charge is 0.310 e. The van der Waals surface area contributed by atoms with Gasteiger partial charge in [-0.25, -0.2) is 4.39 Å². The van der Waals surface area contributed by atoms with E-state index in [1.165, 1.54) is 42.3 Å².